The topological polar surface area (TPSA) is 128 Å². The maximum Gasteiger partial charge on any atom is 0.289 e. The largest absolute Gasteiger partial charge is 0.461 e. The van der Waals surface area contributed by atoms with Gasteiger partial charge in [0.1, 0.15) is 16.4 Å². The molecule has 0 spiro atoms. The van der Waals surface area contributed by atoms with Crippen molar-refractivity contribution >= 4 is 61.7 Å². The summed E-state index contributed by atoms with van der Waals surface area (Å²) in [5.74, 6) is -0.894. The molecule has 37 heavy (non-hydrogen) atoms. The van der Waals surface area contributed by atoms with Crippen LogP contribution < -0.4 is 4.31 Å². The number of anilines is 1. The maximum atomic E-state index is 13.7. The van der Waals surface area contributed by atoms with E-state index < -0.39 is 31.4 Å². The van der Waals surface area contributed by atoms with Crippen LogP contribution in [0.25, 0.3) is 17.0 Å². The number of hydrogen-bond donors (Lipinski definition) is 0. The van der Waals surface area contributed by atoms with Crippen LogP contribution >= 0.6 is 11.6 Å². The third kappa shape index (κ3) is 5.02. The molecule has 0 aliphatic rings. The van der Waals surface area contributed by atoms with Crippen LogP contribution in [0.4, 0.5) is 11.4 Å². The number of amides is 1. The number of furan rings is 1. The lowest BCUT2D eigenvalue weighted by molar-refractivity contribution is -0.384. The molecule has 4 rings (SSSR count). The van der Waals surface area contributed by atoms with Gasteiger partial charge in [-0.2, -0.15) is 4.31 Å². The molecule has 9 nitrogen and oxygen atoms in total. The standard InChI is InChI=1S/C26H19ClN2O7S/c1-16(30)26-17(2)36-24-12-9-19(14-21(24)26)28(25(31)13-8-18-6-4-3-5-7-18)37(34,35)20-10-11-22(27)23(15-20)29(32)33/h3-15H,1-2H3. The molecule has 0 saturated carbocycles. The number of nitro benzene ring substituents is 1. The zero-order chi connectivity index (χ0) is 26.9. The Morgan fingerprint density at radius 2 is 1.76 bits per heavy atom. The number of hydrogen-bond acceptors (Lipinski definition) is 7. The average Bonchev–Trinajstić information content (AvgIpc) is 3.18. The van der Waals surface area contributed by atoms with Crippen LogP contribution in [0.5, 0.6) is 0 Å². The van der Waals surface area contributed by atoms with Crippen molar-refractivity contribution in [3.8, 4) is 0 Å². The highest BCUT2D eigenvalue weighted by Crippen LogP contribution is 2.34. The molecule has 3 aromatic carbocycles. The van der Waals surface area contributed by atoms with Crippen LogP contribution in [0, 0.1) is 17.0 Å². The predicted octanol–water partition coefficient (Wildman–Crippen LogP) is 5.94. The number of sulfonamides is 1. The van der Waals surface area contributed by atoms with E-state index in [1.807, 2.05) is 0 Å². The van der Waals surface area contributed by atoms with Gasteiger partial charge in [0.15, 0.2) is 5.78 Å². The van der Waals surface area contributed by atoms with Gasteiger partial charge in [0, 0.05) is 17.5 Å². The van der Waals surface area contributed by atoms with Crippen LogP contribution in [0.1, 0.15) is 28.6 Å². The number of aryl methyl sites for hydroxylation is 1. The van der Waals surface area contributed by atoms with Crippen molar-refractivity contribution in [3.05, 3.63) is 105 Å². The fraction of sp³-hybridized carbons (Fsp3) is 0.0769. The van der Waals surface area contributed by atoms with E-state index in [1.54, 1.807) is 37.3 Å². The van der Waals surface area contributed by atoms with Gasteiger partial charge >= 0.3 is 0 Å². The zero-order valence-electron chi connectivity index (χ0n) is 19.5. The van der Waals surface area contributed by atoms with Crippen molar-refractivity contribution in [1.82, 2.24) is 0 Å². The Morgan fingerprint density at radius 1 is 1.05 bits per heavy atom. The quantitative estimate of drug-likeness (QED) is 0.123. The maximum absolute atomic E-state index is 13.7. The SMILES string of the molecule is CC(=O)c1c(C)oc2ccc(N(C(=O)C=Cc3ccccc3)S(=O)(=O)c3ccc(Cl)c([N+](=O)[O-])c3)cc12. The number of carbonyl (C=O) groups is 2. The van der Waals surface area contributed by atoms with Gasteiger partial charge in [0.25, 0.3) is 21.6 Å². The summed E-state index contributed by atoms with van der Waals surface area (Å²) >= 11 is 5.86. The highest BCUT2D eigenvalue weighted by molar-refractivity contribution is 7.93. The first kappa shape index (κ1) is 25.8. The Kier molecular flexibility index (Phi) is 6.97. The van der Waals surface area contributed by atoms with Gasteiger partial charge in [-0.25, -0.2) is 8.42 Å². The molecule has 0 unspecified atom stereocenters. The minimum atomic E-state index is -4.67. The number of ketones is 1. The normalized spacial score (nSPS) is 11.6. The first-order valence-corrected chi connectivity index (χ1v) is 12.6. The van der Waals surface area contributed by atoms with Gasteiger partial charge in [0.2, 0.25) is 0 Å². The summed E-state index contributed by atoms with van der Waals surface area (Å²) in [5, 5.41) is 11.4. The van der Waals surface area contributed by atoms with Crippen LogP contribution in [-0.4, -0.2) is 25.0 Å². The van der Waals surface area contributed by atoms with Crippen molar-refractivity contribution in [2.75, 3.05) is 4.31 Å². The second kappa shape index (κ2) is 10.00. The average molecular weight is 539 g/mol. The molecule has 0 radical (unpaired) electrons. The van der Waals surface area contributed by atoms with E-state index in [9.17, 15) is 28.1 Å². The molecule has 11 heteroatoms. The highest BCUT2D eigenvalue weighted by Gasteiger charge is 2.32. The van der Waals surface area contributed by atoms with Gasteiger partial charge < -0.3 is 4.42 Å². The molecule has 0 N–H and O–H groups in total. The third-order valence-corrected chi connectivity index (χ3v) is 7.55. The first-order chi connectivity index (χ1) is 17.5. The van der Waals surface area contributed by atoms with Gasteiger partial charge in [-0.05, 0) is 55.8 Å². The molecule has 0 aliphatic carbocycles. The van der Waals surface area contributed by atoms with Crippen molar-refractivity contribution in [2.24, 2.45) is 0 Å². The molecule has 0 aliphatic heterocycles. The van der Waals surface area contributed by atoms with Crippen molar-refractivity contribution < 1.29 is 27.3 Å². The van der Waals surface area contributed by atoms with E-state index in [0.717, 1.165) is 24.3 Å². The summed E-state index contributed by atoms with van der Waals surface area (Å²) in [5.41, 5.74) is 0.516. The fourth-order valence-electron chi connectivity index (χ4n) is 3.85. The van der Waals surface area contributed by atoms with Crippen LogP contribution in [0.2, 0.25) is 5.02 Å². The molecule has 0 atom stereocenters. The Bertz CT molecular complexity index is 1690. The van der Waals surface area contributed by atoms with Gasteiger partial charge in [-0.3, -0.25) is 19.7 Å². The van der Waals surface area contributed by atoms with Crippen molar-refractivity contribution in [1.29, 1.82) is 0 Å². The van der Waals surface area contributed by atoms with E-state index in [-0.39, 0.29) is 22.1 Å². The second-order valence-corrected chi connectivity index (χ2v) is 10.2. The van der Waals surface area contributed by atoms with E-state index in [1.165, 1.54) is 31.2 Å². The Labute approximate surface area is 216 Å². The van der Waals surface area contributed by atoms with Gasteiger partial charge in [-0.1, -0.05) is 41.9 Å². The van der Waals surface area contributed by atoms with Gasteiger partial charge in [-0.15, -0.1) is 0 Å². The summed E-state index contributed by atoms with van der Waals surface area (Å²) in [6, 6.07) is 15.9. The zero-order valence-corrected chi connectivity index (χ0v) is 21.1. The molecule has 0 bridgehead atoms. The molecule has 4 aromatic rings. The van der Waals surface area contributed by atoms with Gasteiger partial charge in [0.05, 0.1) is 21.1 Å². The summed E-state index contributed by atoms with van der Waals surface area (Å²) in [4.78, 5) is 35.7. The molecule has 1 heterocycles. The van der Waals surface area contributed by atoms with Crippen molar-refractivity contribution in [3.63, 3.8) is 0 Å². The molecule has 1 amide bonds. The van der Waals surface area contributed by atoms with Crippen molar-refractivity contribution in [2.45, 2.75) is 18.7 Å². The van der Waals surface area contributed by atoms with E-state index >= 15 is 0 Å². The monoisotopic (exact) mass is 538 g/mol. The van der Waals surface area contributed by atoms with Crippen LogP contribution in [0.15, 0.2) is 82.1 Å². The fourth-order valence-corrected chi connectivity index (χ4v) is 5.44. The van der Waals surface area contributed by atoms with E-state index in [0.29, 0.717) is 26.6 Å². The molecule has 0 fully saturated rings. The number of fused-ring (bicyclic) bond motifs is 1. The van der Waals surface area contributed by atoms with E-state index in [4.69, 9.17) is 16.0 Å². The Morgan fingerprint density at radius 3 is 2.41 bits per heavy atom. The third-order valence-electron chi connectivity index (χ3n) is 5.50. The minimum absolute atomic E-state index is 0.0869. The molecular formula is C26H19ClN2O7S. The smallest absolute Gasteiger partial charge is 0.289 e. The lowest BCUT2D eigenvalue weighted by atomic mass is 10.1. The summed E-state index contributed by atoms with van der Waals surface area (Å²) in [7, 11) is -4.67. The Hall–Kier alpha value is -4.28. The highest BCUT2D eigenvalue weighted by atomic mass is 35.5. The lowest BCUT2D eigenvalue weighted by Gasteiger charge is -2.21. The number of nitrogens with zero attached hydrogens (tertiary/aromatic N) is 2. The predicted molar refractivity (Wildman–Crippen MR) is 139 cm³/mol. The van der Waals surface area contributed by atoms with Crippen LogP contribution in [-0.2, 0) is 14.8 Å². The number of Topliss-reactive ketones (excluding diaryl/α,β-unsaturated/α-hetero) is 1. The summed E-state index contributed by atoms with van der Waals surface area (Å²) in [6.45, 7) is 2.95. The molecular weight excluding hydrogens is 520 g/mol. The van der Waals surface area contributed by atoms with E-state index in [2.05, 4.69) is 0 Å². The number of benzene rings is 3. The van der Waals surface area contributed by atoms with Crippen LogP contribution in [0.3, 0.4) is 0 Å². The number of rotatable bonds is 7. The lowest BCUT2D eigenvalue weighted by Crippen LogP contribution is -2.36. The number of carbonyl (C=O) groups excluding carboxylic acids is 2. The Balaban J connectivity index is 1.91. The summed E-state index contributed by atoms with van der Waals surface area (Å²) in [6.07, 6.45) is 2.52. The molecule has 1 aromatic heterocycles. The minimum Gasteiger partial charge on any atom is -0.461 e. The molecule has 0 saturated heterocycles. The molecule has 188 valence electrons. The first-order valence-electron chi connectivity index (χ1n) is 10.8. The number of halogens is 1. The summed E-state index contributed by atoms with van der Waals surface area (Å²) < 4.78 is 33.6. The second-order valence-electron chi connectivity index (χ2n) is 7.99. The number of nitro groups is 1.